The number of anilines is 1. The van der Waals surface area contributed by atoms with Gasteiger partial charge >= 0.3 is 5.97 Å². The normalized spacial score (nSPS) is 18.0. The first-order chi connectivity index (χ1) is 10.6. The van der Waals surface area contributed by atoms with E-state index in [-0.39, 0.29) is 5.97 Å². The number of piperazine rings is 1. The van der Waals surface area contributed by atoms with Crippen molar-refractivity contribution in [2.75, 3.05) is 31.1 Å². The van der Waals surface area contributed by atoms with Crippen LogP contribution in [0.4, 0.5) is 11.6 Å². The lowest BCUT2D eigenvalue weighted by molar-refractivity contribution is -0.147. The molecule has 2 rings (SSSR count). The van der Waals surface area contributed by atoms with Crippen molar-refractivity contribution in [1.29, 1.82) is 0 Å². The van der Waals surface area contributed by atoms with E-state index in [1.54, 1.807) is 0 Å². The summed E-state index contributed by atoms with van der Waals surface area (Å²) in [5.41, 5.74) is 8.71. The summed E-state index contributed by atoms with van der Waals surface area (Å²) in [6, 6.07) is -0.395. The zero-order valence-corrected chi connectivity index (χ0v) is 12.6. The molecule has 1 saturated heterocycles. The second kappa shape index (κ2) is 7.58. The number of aromatic nitrogens is 2. The predicted octanol–water partition coefficient (Wildman–Crippen LogP) is 1.40. The number of nitrogens with zero attached hydrogens (tertiary/aromatic N) is 6. The van der Waals surface area contributed by atoms with Crippen LogP contribution in [0.5, 0.6) is 0 Å². The molecule has 1 atom stereocenters. The highest BCUT2D eigenvalue weighted by Crippen LogP contribution is 2.14. The number of rotatable bonds is 5. The first-order valence-corrected chi connectivity index (χ1v) is 7.12. The minimum Gasteiger partial charge on any atom is -0.464 e. The van der Waals surface area contributed by atoms with Crippen LogP contribution in [-0.4, -0.2) is 48.2 Å². The lowest BCUT2D eigenvalue weighted by Gasteiger charge is -2.32. The van der Waals surface area contributed by atoms with E-state index >= 15 is 0 Å². The van der Waals surface area contributed by atoms with E-state index in [9.17, 15) is 4.79 Å². The van der Waals surface area contributed by atoms with Crippen LogP contribution in [0.1, 0.15) is 13.8 Å². The molecule has 0 amide bonds. The van der Waals surface area contributed by atoms with Gasteiger partial charge in [-0.3, -0.25) is 4.79 Å². The molecule has 9 heteroatoms. The Morgan fingerprint density at radius 3 is 2.95 bits per heavy atom. The van der Waals surface area contributed by atoms with Gasteiger partial charge in [0, 0.05) is 36.9 Å². The summed E-state index contributed by atoms with van der Waals surface area (Å²) in [7, 11) is 0. The molecule has 1 aliphatic heterocycles. The minimum absolute atomic E-state index is 0.260. The van der Waals surface area contributed by atoms with E-state index < -0.39 is 6.04 Å². The summed E-state index contributed by atoms with van der Waals surface area (Å²) < 4.78 is 5.25. The first-order valence-electron chi connectivity index (χ1n) is 7.12. The molecule has 0 saturated carbocycles. The highest BCUT2D eigenvalue weighted by molar-refractivity contribution is 5.77. The maximum Gasteiger partial charge on any atom is 0.324 e. The van der Waals surface area contributed by atoms with Gasteiger partial charge in [0.1, 0.15) is 6.04 Å². The Morgan fingerprint density at radius 2 is 2.32 bits per heavy atom. The number of carbonyl (C=O) groups is 1. The summed E-state index contributed by atoms with van der Waals surface area (Å²) in [6.45, 7) is 6.17. The molecular weight excluding hydrogens is 286 g/mol. The highest BCUT2D eigenvalue weighted by atomic mass is 16.5. The van der Waals surface area contributed by atoms with Crippen LogP contribution in [-0.2, 0) is 9.53 Å². The largest absolute Gasteiger partial charge is 0.464 e. The highest BCUT2D eigenvalue weighted by Gasteiger charge is 2.27. The van der Waals surface area contributed by atoms with Gasteiger partial charge in [-0.1, -0.05) is 19.0 Å². The van der Waals surface area contributed by atoms with Crippen LogP contribution in [0.2, 0.25) is 0 Å². The Hall–Kier alpha value is -2.38. The third-order valence-corrected chi connectivity index (χ3v) is 3.09. The van der Waals surface area contributed by atoms with Gasteiger partial charge in [0.15, 0.2) is 0 Å². The third-order valence-electron chi connectivity index (χ3n) is 3.09. The molecule has 9 nitrogen and oxygen atoms in total. The van der Waals surface area contributed by atoms with Gasteiger partial charge in [-0.25, -0.2) is 9.97 Å². The monoisotopic (exact) mass is 305 g/mol. The maximum absolute atomic E-state index is 12.0. The van der Waals surface area contributed by atoms with E-state index in [0.717, 1.165) is 0 Å². The van der Waals surface area contributed by atoms with Crippen LogP contribution in [0.15, 0.2) is 17.5 Å². The number of nitrogens with one attached hydrogen (secondary N) is 1. The van der Waals surface area contributed by atoms with Gasteiger partial charge in [0.2, 0.25) is 5.95 Å². The number of hydrogen-bond acceptors (Lipinski definition) is 7. The van der Waals surface area contributed by atoms with Crippen LogP contribution in [0.25, 0.3) is 10.4 Å². The summed E-state index contributed by atoms with van der Waals surface area (Å²) in [5.74, 6) is 0.546. The van der Waals surface area contributed by atoms with Crippen molar-refractivity contribution in [2.45, 2.75) is 19.9 Å². The molecule has 0 aromatic carbocycles. The van der Waals surface area contributed by atoms with Crippen molar-refractivity contribution in [2.24, 2.45) is 11.0 Å². The predicted molar refractivity (Wildman–Crippen MR) is 80.6 cm³/mol. The number of ether oxygens (including phenoxy) is 1. The van der Waals surface area contributed by atoms with E-state index in [2.05, 4.69) is 25.3 Å². The Labute approximate surface area is 128 Å². The van der Waals surface area contributed by atoms with Crippen LogP contribution in [0, 0.1) is 5.92 Å². The van der Waals surface area contributed by atoms with Crippen molar-refractivity contribution in [3.63, 3.8) is 0 Å². The zero-order chi connectivity index (χ0) is 15.9. The van der Waals surface area contributed by atoms with E-state index in [1.807, 2.05) is 18.7 Å². The Balaban J connectivity index is 1.97. The lowest BCUT2D eigenvalue weighted by atomic mass is 10.2. The molecule has 0 spiro atoms. The fourth-order valence-electron chi connectivity index (χ4n) is 2.02. The number of esters is 1. The van der Waals surface area contributed by atoms with Gasteiger partial charge in [0.25, 0.3) is 0 Å². The van der Waals surface area contributed by atoms with E-state index in [4.69, 9.17) is 10.3 Å². The van der Waals surface area contributed by atoms with Gasteiger partial charge in [0.05, 0.1) is 12.3 Å². The lowest BCUT2D eigenvalue weighted by Crippen LogP contribution is -2.55. The maximum atomic E-state index is 12.0. The fraction of sp³-hybridized carbons (Fsp3) is 0.615. The van der Waals surface area contributed by atoms with Crippen LogP contribution >= 0.6 is 0 Å². The summed E-state index contributed by atoms with van der Waals surface area (Å²) in [6.07, 6.45) is 2.91. The smallest absolute Gasteiger partial charge is 0.324 e. The molecule has 1 unspecified atom stereocenters. The summed E-state index contributed by atoms with van der Waals surface area (Å²) in [5, 5.41) is 6.56. The minimum atomic E-state index is -0.395. The fourth-order valence-corrected chi connectivity index (χ4v) is 2.02. The van der Waals surface area contributed by atoms with Crippen molar-refractivity contribution in [3.8, 4) is 0 Å². The molecule has 22 heavy (non-hydrogen) atoms. The van der Waals surface area contributed by atoms with Crippen molar-refractivity contribution < 1.29 is 9.53 Å². The van der Waals surface area contributed by atoms with E-state index in [0.29, 0.717) is 43.8 Å². The topological polar surface area (TPSA) is 116 Å². The summed E-state index contributed by atoms with van der Waals surface area (Å²) in [4.78, 5) is 24.9. The van der Waals surface area contributed by atoms with Crippen molar-refractivity contribution in [1.82, 2.24) is 15.3 Å². The first kappa shape index (κ1) is 16.0. The van der Waals surface area contributed by atoms with Crippen molar-refractivity contribution >= 4 is 17.6 Å². The number of carbonyl (C=O) groups excluding carboxylic acids is 1. The molecular formula is C13H19N7O2. The SMILES string of the molecule is CC(C)COC(=O)C1CN(c2ncc(N=[N+]=[N-])cn2)CCN1. The van der Waals surface area contributed by atoms with Crippen LogP contribution in [0.3, 0.4) is 0 Å². The molecule has 1 N–H and O–H groups in total. The second-order valence-corrected chi connectivity index (χ2v) is 5.41. The molecule has 2 heterocycles. The zero-order valence-electron chi connectivity index (χ0n) is 12.6. The van der Waals surface area contributed by atoms with Gasteiger partial charge in [-0.2, -0.15) is 0 Å². The Kier molecular flexibility index (Phi) is 5.51. The van der Waals surface area contributed by atoms with Crippen LogP contribution < -0.4 is 10.2 Å². The Bertz CT molecular complexity index is 554. The Morgan fingerprint density at radius 1 is 1.59 bits per heavy atom. The molecule has 118 valence electrons. The van der Waals surface area contributed by atoms with Gasteiger partial charge in [-0.05, 0) is 11.4 Å². The molecule has 0 bridgehead atoms. The van der Waals surface area contributed by atoms with Crippen molar-refractivity contribution in [3.05, 3.63) is 22.8 Å². The molecule has 1 aliphatic rings. The second-order valence-electron chi connectivity index (χ2n) is 5.41. The van der Waals surface area contributed by atoms with Gasteiger partial charge in [-0.15, -0.1) is 0 Å². The molecule has 1 aromatic rings. The molecule has 0 aliphatic carbocycles. The van der Waals surface area contributed by atoms with Gasteiger partial charge < -0.3 is 15.0 Å². The third kappa shape index (κ3) is 4.31. The average molecular weight is 305 g/mol. The quantitative estimate of drug-likeness (QED) is 0.380. The standard InChI is InChI=1S/C13H19N7O2/c1-9(2)8-22-12(21)11-7-20(4-3-15-11)13-16-5-10(6-17-13)18-19-14/h5-6,9,11,15H,3-4,7-8H2,1-2H3. The average Bonchev–Trinajstić information content (AvgIpc) is 2.54. The van der Waals surface area contributed by atoms with E-state index in [1.165, 1.54) is 12.4 Å². The molecule has 1 aromatic heterocycles. The summed E-state index contributed by atoms with van der Waals surface area (Å²) >= 11 is 0. The number of azide groups is 1. The molecule has 1 fully saturated rings. The number of hydrogen-bond donors (Lipinski definition) is 1. The molecule has 0 radical (unpaired) electrons.